The summed E-state index contributed by atoms with van der Waals surface area (Å²) in [6, 6.07) is 0. The van der Waals surface area contributed by atoms with Crippen LogP contribution in [-0.4, -0.2) is 50.1 Å². The Kier molecular flexibility index (Phi) is 4.87. The van der Waals surface area contributed by atoms with E-state index >= 15 is 0 Å². The molecule has 0 saturated carbocycles. The molecule has 8 heteroatoms. The first kappa shape index (κ1) is 15.5. The van der Waals surface area contributed by atoms with Crippen LogP contribution in [0, 0.1) is 5.92 Å². The molecule has 1 saturated heterocycles. The van der Waals surface area contributed by atoms with Crippen molar-refractivity contribution in [2.24, 2.45) is 5.92 Å². The van der Waals surface area contributed by atoms with Gasteiger partial charge in [-0.15, -0.1) is 0 Å². The van der Waals surface area contributed by atoms with Crippen molar-refractivity contribution in [3.8, 4) is 0 Å². The van der Waals surface area contributed by atoms with Gasteiger partial charge in [-0.25, -0.2) is 8.42 Å². The number of nitrogens with two attached hydrogens (primary N) is 1. The molecule has 0 radical (unpaired) electrons. The second-order valence-electron chi connectivity index (χ2n) is 5.26. The third-order valence-corrected chi connectivity index (χ3v) is 6.50. The lowest BCUT2D eigenvalue weighted by Gasteiger charge is -2.29. The molecule has 3 N–H and O–H groups in total. The summed E-state index contributed by atoms with van der Waals surface area (Å²) in [5, 5.41) is 3.82. The van der Waals surface area contributed by atoms with E-state index < -0.39 is 9.84 Å². The van der Waals surface area contributed by atoms with E-state index in [1.807, 2.05) is 0 Å². The van der Waals surface area contributed by atoms with E-state index in [0.29, 0.717) is 10.9 Å². The number of piperidine rings is 1. The normalized spacial score (nSPS) is 18.3. The summed E-state index contributed by atoms with van der Waals surface area (Å²) in [6.45, 7) is 4.59. The number of nitrogens with one attached hydrogen (secondary N) is 1. The molecule has 6 nitrogen and oxygen atoms in total. The van der Waals surface area contributed by atoms with Gasteiger partial charge in [0.05, 0.1) is 5.75 Å². The summed E-state index contributed by atoms with van der Waals surface area (Å²) in [5.74, 6) is 0.729. The van der Waals surface area contributed by atoms with Crippen LogP contribution in [0.4, 0.5) is 10.8 Å². The second-order valence-corrected chi connectivity index (χ2v) is 8.25. The van der Waals surface area contributed by atoms with Crippen molar-refractivity contribution in [3.63, 3.8) is 0 Å². The highest BCUT2D eigenvalue weighted by atomic mass is 32.2. The number of rotatable bonds is 5. The molecule has 0 spiro atoms. The van der Waals surface area contributed by atoms with Crippen LogP contribution in [0.5, 0.6) is 0 Å². The number of anilines is 2. The first-order valence-electron chi connectivity index (χ1n) is 6.84. The van der Waals surface area contributed by atoms with E-state index in [9.17, 15) is 8.42 Å². The van der Waals surface area contributed by atoms with Gasteiger partial charge in [0.15, 0.2) is 15.7 Å². The maximum absolute atomic E-state index is 12.0. The van der Waals surface area contributed by atoms with Gasteiger partial charge < -0.3 is 16.0 Å². The molecule has 114 valence electrons. The Morgan fingerprint density at radius 3 is 2.70 bits per heavy atom. The van der Waals surface area contributed by atoms with Crippen molar-refractivity contribution >= 4 is 32.2 Å². The van der Waals surface area contributed by atoms with Crippen molar-refractivity contribution in [2.45, 2.75) is 24.7 Å². The van der Waals surface area contributed by atoms with E-state index in [4.69, 9.17) is 5.73 Å². The van der Waals surface area contributed by atoms with E-state index in [1.54, 1.807) is 6.92 Å². The fraction of sp³-hybridized carbons (Fsp3) is 0.750. The van der Waals surface area contributed by atoms with Gasteiger partial charge in [-0.05, 0) is 50.4 Å². The molecule has 1 fully saturated rings. The molecule has 0 aromatic carbocycles. The Hall–Kier alpha value is -0.860. The molecule has 1 aromatic rings. The van der Waals surface area contributed by atoms with E-state index in [2.05, 4.69) is 21.6 Å². The minimum Gasteiger partial charge on any atom is -0.382 e. The number of nitrogens with zero attached hydrogens (tertiary/aromatic N) is 2. The summed E-state index contributed by atoms with van der Waals surface area (Å²) >= 11 is 1.13. The smallest absolute Gasteiger partial charge is 0.184 e. The number of hydrogen-bond acceptors (Lipinski definition) is 7. The Morgan fingerprint density at radius 2 is 2.10 bits per heavy atom. The maximum atomic E-state index is 12.0. The summed E-state index contributed by atoms with van der Waals surface area (Å²) in [4.78, 5) is 2.49. The van der Waals surface area contributed by atoms with Gasteiger partial charge in [0.1, 0.15) is 9.90 Å². The molecule has 0 amide bonds. The largest absolute Gasteiger partial charge is 0.382 e. The van der Waals surface area contributed by atoms with Crippen molar-refractivity contribution in [3.05, 3.63) is 0 Å². The fourth-order valence-electron chi connectivity index (χ4n) is 2.35. The second kappa shape index (κ2) is 6.28. The molecule has 0 aliphatic carbocycles. The van der Waals surface area contributed by atoms with Gasteiger partial charge >= 0.3 is 0 Å². The topological polar surface area (TPSA) is 88.3 Å². The Labute approximate surface area is 124 Å². The Balaban J connectivity index is 2.04. The standard InChI is InChI=1S/C12H22N4O2S2/c1-3-20(17,18)10-11(13)15-19-12(10)14-8-9-4-6-16(2)7-5-9/h9,14H,3-8H2,1-2H3,(H2,13,15). The van der Waals surface area contributed by atoms with Crippen molar-refractivity contribution in [2.75, 3.05) is 43.5 Å². The predicted molar refractivity (Wildman–Crippen MR) is 83.0 cm³/mol. The van der Waals surface area contributed by atoms with Crippen LogP contribution >= 0.6 is 11.5 Å². The van der Waals surface area contributed by atoms with Crippen LogP contribution < -0.4 is 11.1 Å². The van der Waals surface area contributed by atoms with Gasteiger partial charge in [-0.2, -0.15) is 4.37 Å². The molecule has 0 bridgehead atoms. The molecule has 2 heterocycles. The highest BCUT2D eigenvalue weighted by Gasteiger charge is 2.25. The quantitative estimate of drug-likeness (QED) is 0.850. The predicted octanol–water partition coefficient (Wildman–Crippen LogP) is 1.27. The van der Waals surface area contributed by atoms with Crippen molar-refractivity contribution in [1.29, 1.82) is 0 Å². The minimum absolute atomic E-state index is 0.0402. The Morgan fingerprint density at radius 1 is 1.45 bits per heavy atom. The molecule has 20 heavy (non-hydrogen) atoms. The van der Waals surface area contributed by atoms with Crippen molar-refractivity contribution in [1.82, 2.24) is 9.27 Å². The lowest BCUT2D eigenvalue weighted by Crippen LogP contribution is -2.33. The number of likely N-dealkylation sites (tertiary alicyclic amines) is 1. The van der Waals surface area contributed by atoms with Gasteiger partial charge in [-0.3, -0.25) is 0 Å². The van der Waals surface area contributed by atoms with Crippen LogP contribution in [0.1, 0.15) is 19.8 Å². The first-order chi connectivity index (χ1) is 9.44. The Bertz CT molecular complexity index is 548. The van der Waals surface area contributed by atoms with E-state index in [0.717, 1.165) is 44.0 Å². The van der Waals surface area contributed by atoms with Crippen LogP contribution in [0.2, 0.25) is 0 Å². The third kappa shape index (κ3) is 3.42. The highest BCUT2D eigenvalue weighted by molar-refractivity contribution is 7.91. The van der Waals surface area contributed by atoms with Crippen LogP contribution in [0.15, 0.2) is 4.90 Å². The lowest BCUT2D eigenvalue weighted by atomic mass is 9.97. The van der Waals surface area contributed by atoms with Crippen LogP contribution in [0.3, 0.4) is 0 Å². The van der Waals surface area contributed by atoms with Crippen molar-refractivity contribution < 1.29 is 8.42 Å². The zero-order valence-electron chi connectivity index (χ0n) is 11.9. The summed E-state index contributed by atoms with van der Waals surface area (Å²) in [5.41, 5.74) is 5.70. The molecular formula is C12H22N4O2S2. The summed E-state index contributed by atoms with van der Waals surface area (Å²) in [6.07, 6.45) is 2.27. The SMILES string of the molecule is CCS(=O)(=O)c1c(N)nsc1NCC1CCN(C)CC1. The molecule has 1 aromatic heterocycles. The molecule has 0 unspecified atom stereocenters. The molecular weight excluding hydrogens is 296 g/mol. The van der Waals surface area contributed by atoms with Gasteiger partial charge in [0.25, 0.3) is 0 Å². The number of aromatic nitrogens is 1. The zero-order valence-corrected chi connectivity index (χ0v) is 13.6. The highest BCUT2D eigenvalue weighted by Crippen LogP contribution is 2.32. The van der Waals surface area contributed by atoms with Gasteiger partial charge in [-0.1, -0.05) is 6.92 Å². The maximum Gasteiger partial charge on any atom is 0.184 e. The lowest BCUT2D eigenvalue weighted by molar-refractivity contribution is 0.226. The third-order valence-electron chi connectivity index (χ3n) is 3.75. The number of sulfone groups is 1. The first-order valence-corrected chi connectivity index (χ1v) is 9.27. The van der Waals surface area contributed by atoms with Gasteiger partial charge in [0.2, 0.25) is 0 Å². The van der Waals surface area contributed by atoms with Crippen LogP contribution in [-0.2, 0) is 9.84 Å². The number of nitrogen functional groups attached to an aromatic ring is 1. The average Bonchev–Trinajstić information content (AvgIpc) is 2.80. The minimum atomic E-state index is -3.33. The summed E-state index contributed by atoms with van der Waals surface area (Å²) in [7, 11) is -1.20. The fourth-order valence-corrected chi connectivity index (χ4v) is 4.53. The summed E-state index contributed by atoms with van der Waals surface area (Å²) < 4.78 is 28.1. The zero-order chi connectivity index (χ0) is 14.8. The number of hydrogen-bond donors (Lipinski definition) is 2. The molecule has 1 aliphatic rings. The molecule has 1 aliphatic heterocycles. The molecule has 2 rings (SSSR count). The van der Waals surface area contributed by atoms with E-state index in [1.165, 1.54) is 0 Å². The van der Waals surface area contributed by atoms with Gasteiger partial charge in [0, 0.05) is 6.54 Å². The molecule has 0 atom stereocenters. The monoisotopic (exact) mass is 318 g/mol. The van der Waals surface area contributed by atoms with Crippen LogP contribution in [0.25, 0.3) is 0 Å². The average molecular weight is 318 g/mol. The van der Waals surface area contributed by atoms with E-state index in [-0.39, 0.29) is 16.5 Å².